The standard InChI is InChI=1S/C20H18N4O2S/c25-19(23-8-10-24(11-9-23)20-21-6-3-7-22-20)17-12-14-13-26-16-5-2-1-4-15(16)18(14)27-17/h1-7,12H,8-11,13H2. The Morgan fingerprint density at radius 2 is 1.81 bits per heavy atom. The molecule has 0 radical (unpaired) electrons. The van der Waals surface area contributed by atoms with E-state index in [-0.39, 0.29) is 5.91 Å². The molecule has 0 bridgehead atoms. The molecule has 0 spiro atoms. The number of ether oxygens (including phenoxy) is 1. The van der Waals surface area contributed by atoms with E-state index < -0.39 is 0 Å². The van der Waals surface area contributed by atoms with Gasteiger partial charge in [-0.1, -0.05) is 12.1 Å². The predicted molar refractivity (Wildman–Crippen MR) is 104 cm³/mol. The highest BCUT2D eigenvalue weighted by Crippen LogP contribution is 2.42. The van der Waals surface area contributed by atoms with E-state index >= 15 is 0 Å². The van der Waals surface area contributed by atoms with Gasteiger partial charge < -0.3 is 14.5 Å². The van der Waals surface area contributed by atoms with Crippen LogP contribution >= 0.6 is 11.3 Å². The Morgan fingerprint density at radius 3 is 2.63 bits per heavy atom. The van der Waals surface area contributed by atoms with Gasteiger partial charge in [0.05, 0.1) is 4.88 Å². The molecule has 0 unspecified atom stereocenters. The van der Waals surface area contributed by atoms with Crippen LogP contribution in [0.5, 0.6) is 5.75 Å². The molecule has 2 aromatic heterocycles. The van der Waals surface area contributed by atoms with Gasteiger partial charge in [0.2, 0.25) is 5.95 Å². The Labute approximate surface area is 161 Å². The smallest absolute Gasteiger partial charge is 0.264 e. The Hall–Kier alpha value is -2.93. The number of nitrogens with zero attached hydrogens (tertiary/aromatic N) is 4. The zero-order chi connectivity index (χ0) is 18.2. The number of piperazine rings is 1. The maximum atomic E-state index is 13.0. The second-order valence-corrected chi connectivity index (χ2v) is 7.63. The monoisotopic (exact) mass is 378 g/mol. The van der Waals surface area contributed by atoms with Gasteiger partial charge in [-0.15, -0.1) is 11.3 Å². The fourth-order valence-corrected chi connectivity index (χ4v) is 4.69. The Balaban J connectivity index is 1.33. The van der Waals surface area contributed by atoms with Crippen molar-refractivity contribution in [3.63, 3.8) is 0 Å². The van der Waals surface area contributed by atoms with Crippen molar-refractivity contribution < 1.29 is 9.53 Å². The highest BCUT2D eigenvalue weighted by molar-refractivity contribution is 7.17. The zero-order valence-corrected chi connectivity index (χ0v) is 15.5. The lowest BCUT2D eigenvalue weighted by Crippen LogP contribution is -2.49. The number of amides is 1. The minimum atomic E-state index is 0.0977. The minimum absolute atomic E-state index is 0.0977. The molecule has 6 nitrogen and oxygen atoms in total. The molecule has 3 aromatic rings. The van der Waals surface area contributed by atoms with E-state index in [9.17, 15) is 4.79 Å². The molecule has 1 amide bonds. The summed E-state index contributed by atoms with van der Waals surface area (Å²) in [5.74, 6) is 1.72. The largest absolute Gasteiger partial charge is 0.488 e. The van der Waals surface area contributed by atoms with E-state index in [0.717, 1.165) is 45.7 Å². The molecule has 1 fully saturated rings. The number of thiophene rings is 1. The first-order valence-corrected chi connectivity index (χ1v) is 9.77. The summed E-state index contributed by atoms with van der Waals surface area (Å²) >= 11 is 1.57. The molecule has 2 aliphatic heterocycles. The summed E-state index contributed by atoms with van der Waals surface area (Å²) in [7, 11) is 0. The molecule has 5 rings (SSSR count). The number of anilines is 1. The van der Waals surface area contributed by atoms with E-state index in [0.29, 0.717) is 19.7 Å². The van der Waals surface area contributed by atoms with E-state index in [4.69, 9.17) is 4.74 Å². The third kappa shape index (κ3) is 2.94. The molecule has 0 atom stereocenters. The molecule has 7 heteroatoms. The van der Waals surface area contributed by atoms with E-state index in [2.05, 4.69) is 20.9 Å². The van der Waals surface area contributed by atoms with Crippen LogP contribution in [0.1, 0.15) is 15.2 Å². The topological polar surface area (TPSA) is 58.6 Å². The van der Waals surface area contributed by atoms with Crippen LogP contribution in [-0.2, 0) is 6.61 Å². The van der Waals surface area contributed by atoms with Gasteiger partial charge in [0, 0.05) is 54.6 Å². The summed E-state index contributed by atoms with van der Waals surface area (Å²) in [4.78, 5) is 27.6. The number of carbonyl (C=O) groups is 1. The van der Waals surface area contributed by atoms with Crippen molar-refractivity contribution >= 4 is 23.2 Å². The second-order valence-electron chi connectivity index (χ2n) is 6.58. The van der Waals surface area contributed by atoms with Crippen LogP contribution in [0.2, 0.25) is 0 Å². The van der Waals surface area contributed by atoms with Crippen LogP contribution < -0.4 is 9.64 Å². The zero-order valence-electron chi connectivity index (χ0n) is 14.7. The Bertz CT molecular complexity index is 981. The summed E-state index contributed by atoms with van der Waals surface area (Å²) in [5.41, 5.74) is 2.17. The first-order chi connectivity index (χ1) is 13.3. The molecule has 0 aliphatic carbocycles. The van der Waals surface area contributed by atoms with Crippen molar-refractivity contribution in [1.29, 1.82) is 0 Å². The van der Waals surface area contributed by atoms with Gasteiger partial charge in [-0.2, -0.15) is 0 Å². The molecule has 27 heavy (non-hydrogen) atoms. The fourth-order valence-electron chi connectivity index (χ4n) is 3.52. The van der Waals surface area contributed by atoms with Gasteiger partial charge in [0.1, 0.15) is 12.4 Å². The molecule has 0 N–H and O–H groups in total. The average molecular weight is 378 g/mol. The lowest BCUT2D eigenvalue weighted by atomic mass is 10.1. The van der Waals surface area contributed by atoms with Gasteiger partial charge in [-0.05, 0) is 24.3 Å². The minimum Gasteiger partial charge on any atom is -0.488 e. The average Bonchev–Trinajstić information content (AvgIpc) is 3.19. The maximum Gasteiger partial charge on any atom is 0.264 e. The normalized spacial score (nSPS) is 15.7. The maximum absolute atomic E-state index is 13.0. The lowest BCUT2D eigenvalue weighted by molar-refractivity contribution is 0.0751. The van der Waals surface area contributed by atoms with E-state index in [1.165, 1.54) is 0 Å². The van der Waals surface area contributed by atoms with Crippen LogP contribution in [0.25, 0.3) is 10.4 Å². The Kier molecular flexibility index (Phi) is 4.01. The number of fused-ring (bicyclic) bond motifs is 3. The molecule has 136 valence electrons. The summed E-state index contributed by atoms with van der Waals surface area (Å²) in [6.45, 7) is 3.36. The molecule has 0 saturated carbocycles. The van der Waals surface area contributed by atoms with Gasteiger partial charge in [0.15, 0.2) is 0 Å². The molecule has 4 heterocycles. The van der Waals surface area contributed by atoms with Crippen molar-refractivity contribution in [2.24, 2.45) is 0 Å². The van der Waals surface area contributed by atoms with Crippen LogP contribution in [-0.4, -0.2) is 47.0 Å². The Morgan fingerprint density at radius 1 is 1.04 bits per heavy atom. The van der Waals surface area contributed by atoms with Gasteiger partial charge in [-0.25, -0.2) is 9.97 Å². The van der Waals surface area contributed by atoms with Crippen molar-refractivity contribution in [2.75, 3.05) is 31.1 Å². The fraction of sp³-hybridized carbons (Fsp3) is 0.250. The highest BCUT2D eigenvalue weighted by Gasteiger charge is 2.27. The summed E-state index contributed by atoms with van der Waals surface area (Å²) in [5, 5.41) is 0. The molecular formula is C20H18N4O2S. The quantitative estimate of drug-likeness (QED) is 0.686. The van der Waals surface area contributed by atoms with Crippen molar-refractivity contribution in [2.45, 2.75) is 6.61 Å². The second kappa shape index (κ2) is 6.66. The number of hydrogen-bond donors (Lipinski definition) is 0. The van der Waals surface area contributed by atoms with Crippen molar-refractivity contribution in [3.05, 3.63) is 59.2 Å². The van der Waals surface area contributed by atoms with Crippen molar-refractivity contribution in [3.8, 4) is 16.2 Å². The number of rotatable bonds is 2. The van der Waals surface area contributed by atoms with Crippen LogP contribution in [0.3, 0.4) is 0 Å². The SMILES string of the molecule is O=C(c1cc2c(s1)-c1ccccc1OC2)N1CCN(c2ncccn2)CC1. The van der Waals surface area contributed by atoms with Gasteiger partial charge in [-0.3, -0.25) is 4.79 Å². The number of para-hydroxylation sites is 1. The molecule has 2 aliphatic rings. The predicted octanol–water partition coefficient (Wildman–Crippen LogP) is 3.06. The van der Waals surface area contributed by atoms with Crippen LogP contribution in [0.15, 0.2) is 48.8 Å². The third-order valence-electron chi connectivity index (χ3n) is 4.94. The summed E-state index contributed by atoms with van der Waals surface area (Å²) in [6, 6.07) is 11.8. The molecule has 1 aromatic carbocycles. The number of benzene rings is 1. The summed E-state index contributed by atoms with van der Waals surface area (Å²) in [6.07, 6.45) is 3.49. The van der Waals surface area contributed by atoms with Gasteiger partial charge >= 0.3 is 0 Å². The first kappa shape index (κ1) is 16.3. The number of aromatic nitrogens is 2. The molecular weight excluding hydrogens is 360 g/mol. The van der Waals surface area contributed by atoms with Crippen molar-refractivity contribution in [1.82, 2.24) is 14.9 Å². The van der Waals surface area contributed by atoms with Crippen LogP contribution in [0.4, 0.5) is 5.95 Å². The van der Waals surface area contributed by atoms with Gasteiger partial charge in [0.25, 0.3) is 5.91 Å². The molecule has 1 saturated heterocycles. The number of carbonyl (C=O) groups excluding carboxylic acids is 1. The highest BCUT2D eigenvalue weighted by atomic mass is 32.1. The lowest BCUT2D eigenvalue weighted by Gasteiger charge is -2.34. The summed E-state index contributed by atoms with van der Waals surface area (Å²) < 4.78 is 5.81. The third-order valence-corrected chi connectivity index (χ3v) is 6.14. The number of hydrogen-bond acceptors (Lipinski definition) is 6. The van der Waals surface area contributed by atoms with Crippen LogP contribution in [0, 0.1) is 0 Å². The van der Waals surface area contributed by atoms with E-state index in [1.807, 2.05) is 35.2 Å². The van der Waals surface area contributed by atoms with E-state index in [1.54, 1.807) is 23.7 Å². The first-order valence-electron chi connectivity index (χ1n) is 8.96.